The van der Waals surface area contributed by atoms with E-state index < -0.39 is 0 Å². The minimum Gasteiger partial charge on any atom is -0.401 e. The molecule has 0 spiro atoms. The van der Waals surface area contributed by atoms with Gasteiger partial charge in [0, 0.05) is 17.2 Å². The third-order valence-corrected chi connectivity index (χ3v) is 2.14. The molecule has 5 heteroatoms. The zero-order chi connectivity index (χ0) is 8.39. The lowest BCUT2D eigenvalue weighted by Gasteiger charge is -1.83. The molecule has 1 heterocycles. The molecule has 1 aromatic heterocycles. The van der Waals surface area contributed by atoms with Crippen molar-refractivity contribution in [2.24, 2.45) is 0 Å². The fraction of sp³-hybridized carbons (Fsp3) is 0. The van der Waals surface area contributed by atoms with Crippen molar-refractivity contribution in [2.75, 3.05) is 0 Å². The highest BCUT2D eigenvalue weighted by Crippen LogP contribution is 1.98. The Hall–Kier alpha value is -1.07. The van der Waals surface area contributed by atoms with Gasteiger partial charge in [0.15, 0.2) is 0 Å². The van der Waals surface area contributed by atoms with E-state index in [4.69, 9.17) is 12.6 Å². The Labute approximate surface area is 79.2 Å². The van der Waals surface area contributed by atoms with Crippen LogP contribution in [-0.2, 0) is 12.6 Å². The van der Waals surface area contributed by atoms with Crippen LogP contribution in [0.25, 0.3) is 5.69 Å². The first-order valence-corrected chi connectivity index (χ1v) is 4.53. The predicted molar refractivity (Wildman–Crippen MR) is 47.1 cm³/mol. The molecule has 1 aromatic carbocycles. The smallest absolute Gasteiger partial charge is 0.267 e. The van der Waals surface area contributed by atoms with Crippen molar-refractivity contribution in [3.05, 3.63) is 30.3 Å². The van der Waals surface area contributed by atoms with Crippen molar-refractivity contribution >= 4 is 24.2 Å². The maximum absolute atomic E-state index is 4.86. The zero-order valence-electron chi connectivity index (χ0n) is 6.04. The third-order valence-electron chi connectivity index (χ3n) is 1.36. The monoisotopic (exact) mass is 195 g/mol. The van der Waals surface area contributed by atoms with Crippen molar-refractivity contribution in [3.8, 4) is 5.69 Å². The average Bonchev–Trinajstić information content (AvgIpc) is 2.54. The Balaban J connectivity index is 2.45. The van der Waals surface area contributed by atoms with E-state index in [9.17, 15) is 0 Å². The summed E-state index contributed by atoms with van der Waals surface area (Å²) in [6.45, 7) is 0. The molecule has 0 N–H and O–H groups in total. The largest absolute Gasteiger partial charge is 0.401 e. The summed E-state index contributed by atoms with van der Waals surface area (Å²) in [5.74, 6) is 0. The first-order valence-electron chi connectivity index (χ1n) is 3.35. The number of hydrogen-bond acceptors (Lipinski definition) is 4. The second-order valence-electron chi connectivity index (χ2n) is 2.16. The van der Waals surface area contributed by atoms with Crippen LogP contribution in [0.5, 0.6) is 0 Å². The standard InChI is InChI=1S/C7H5N3S2/c11-7-8-10(9-12-7)6-4-2-1-3-5-6/h1-5H. The Kier molecular flexibility index (Phi) is 1.97. The van der Waals surface area contributed by atoms with Gasteiger partial charge in [0.25, 0.3) is 5.69 Å². The fourth-order valence-corrected chi connectivity index (χ4v) is 1.42. The van der Waals surface area contributed by atoms with Crippen LogP contribution in [-0.4, -0.2) is 9.59 Å². The summed E-state index contributed by atoms with van der Waals surface area (Å²) in [6, 6.07) is 9.69. The molecule has 60 valence electrons. The average molecular weight is 195 g/mol. The number of aromatic nitrogens is 3. The number of rotatable bonds is 1. The molecule has 12 heavy (non-hydrogen) atoms. The molecule has 0 saturated carbocycles. The van der Waals surface area contributed by atoms with Crippen LogP contribution < -0.4 is 4.80 Å². The van der Waals surface area contributed by atoms with Gasteiger partial charge < -0.3 is 12.6 Å². The molecule has 2 rings (SSSR count). The molecular weight excluding hydrogens is 190 g/mol. The molecule has 3 nitrogen and oxygen atoms in total. The maximum atomic E-state index is 4.86. The van der Waals surface area contributed by atoms with Crippen LogP contribution in [0, 0.1) is 0 Å². The van der Waals surface area contributed by atoms with E-state index in [-0.39, 0.29) is 0 Å². The molecule has 0 aliphatic rings. The number of nitrogens with zero attached hydrogens (tertiary/aromatic N) is 3. The van der Waals surface area contributed by atoms with E-state index in [1.807, 2.05) is 30.3 Å². The van der Waals surface area contributed by atoms with Gasteiger partial charge in [-0.1, -0.05) is 18.2 Å². The molecule has 0 aliphatic heterocycles. The summed E-state index contributed by atoms with van der Waals surface area (Å²) >= 11 is 6.07. The summed E-state index contributed by atoms with van der Waals surface area (Å²) in [6.07, 6.45) is 0. The lowest BCUT2D eigenvalue weighted by atomic mass is 10.3. The Morgan fingerprint density at radius 3 is 2.58 bits per heavy atom. The van der Waals surface area contributed by atoms with Gasteiger partial charge >= 0.3 is 0 Å². The molecule has 2 aromatic rings. The van der Waals surface area contributed by atoms with Gasteiger partial charge in [0.2, 0.25) is 0 Å². The second kappa shape index (κ2) is 3.12. The normalized spacial score (nSPS) is 10.0. The summed E-state index contributed by atoms with van der Waals surface area (Å²) in [5, 5.41) is 4.02. The maximum Gasteiger partial charge on any atom is 0.267 e. The number of benzene rings is 1. The molecule has 0 fully saturated rings. The molecule has 0 unspecified atom stereocenters. The number of hydrogen-bond donors (Lipinski definition) is 0. The summed E-state index contributed by atoms with van der Waals surface area (Å²) in [7, 11) is 0. The van der Waals surface area contributed by atoms with E-state index in [2.05, 4.69) is 9.59 Å². The Morgan fingerprint density at radius 2 is 2.00 bits per heavy atom. The predicted octanol–water partition coefficient (Wildman–Crippen LogP) is 0.721. The van der Waals surface area contributed by atoms with E-state index in [0.29, 0.717) is 4.34 Å². The molecular formula is C7H5N3S2. The van der Waals surface area contributed by atoms with Crippen molar-refractivity contribution in [3.63, 3.8) is 0 Å². The van der Waals surface area contributed by atoms with E-state index in [1.165, 1.54) is 16.3 Å². The summed E-state index contributed by atoms with van der Waals surface area (Å²) in [4.78, 5) is 1.53. The van der Waals surface area contributed by atoms with Crippen LogP contribution in [0.1, 0.15) is 0 Å². The lowest BCUT2D eigenvalue weighted by Crippen LogP contribution is -2.35. The van der Waals surface area contributed by atoms with Crippen LogP contribution in [0.3, 0.4) is 0 Å². The highest BCUT2D eigenvalue weighted by molar-refractivity contribution is 7.62. The van der Waals surface area contributed by atoms with Gasteiger partial charge in [-0.3, -0.25) is 0 Å². The molecule has 0 radical (unpaired) electrons. The zero-order valence-corrected chi connectivity index (χ0v) is 7.68. The first-order chi connectivity index (χ1) is 5.86. The summed E-state index contributed by atoms with van der Waals surface area (Å²) < 4.78 is 4.58. The molecule has 0 atom stereocenters. The van der Waals surface area contributed by atoms with Gasteiger partial charge in [0.1, 0.15) is 0 Å². The Bertz CT molecular complexity index is 371. The van der Waals surface area contributed by atoms with Crippen molar-refractivity contribution in [1.82, 2.24) is 9.59 Å². The van der Waals surface area contributed by atoms with Crippen LogP contribution in [0.2, 0.25) is 0 Å². The van der Waals surface area contributed by atoms with Gasteiger partial charge in [-0.15, -0.1) is 0 Å². The van der Waals surface area contributed by atoms with Gasteiger partial charge in [-0.05, 0) is 4.49 Å². The van der Waals surface area contributed by atoms with Crippen molar-refractivity contribution in [1.29, 1.82) is 0 Å². The highest BCUT2D eigenvalue weighted by atomic mass is 32.2. The minimum atomic E-state index is 0.554. The first kappa shape index (κ1) is 7.57. The minimum absolute atomic E-state index is 0.554. The quantitative estimate of drug-likeness (QED) is 0.496. The number of para-hydroxylation sites is 1. The van der Waals surface area contributed by atoms with Gasteiger partial charge in [-0.25, -0.2) is 0 Å². The molecule has 0 saturated heterocycles. The van der Waals surface area contributed by atoms with Crippen LogP contribution >= 0.6 is 11.5 Å². The third kappa shape index (κ3) is 1.41. The van der Waals surface area contributed by atoms with Crippen LogP contribution in [0.4, 0.5) is 0 Å². The van der Waals surface area contributed by atoms with Crippen molar-refractivity contribution < 1.29 is 4.80 Å². The second-order valence-corrected chi connectivity index (χ2v) is 3.54. The van der Waals surface area contributed by atoms with E-state index >= 15 is 0 Å². The van der Waals surface area contributed by atoms with E-state index in [1.54, 1.807) is 0 Å². The summed E-state index contributed by atoms with van der Waals surface area (Å²) in [5.41, 5.74) is 0.935. The molecule has 0 bridgehead atoms. The SMILES string of the molecule is [S-]c1n[n+](-c2ccccc2)ns1. The fourth-order valence-electron chi connectivity index (χ4n) is 0.854. The molecule has 0 amide bonds. The lowest BCUT2D eigenvalue weighted by molar-refractivity contribution is -0.712. The molecule has 0 aliphatic carbocycles. The van der Waals surface area contributed by atoms with E-state index in [0.717, 1.165) is 5.69 Å². The van der Waals surface area contributed by atoms with Crippen molar-refractivity contribution in [2.45, 2.75) is 4.34 Å². The van der Waals surface area contributed by atoms with Crippen LogP contribution in [0.15, 0.2) is 34.7 Å². The highest BCUT2D eigenvalue weighted by Gasteiger charge is 2.06. The van der Waals surface area contributed by atoms with Gasteiger partial charge in [0.05, 0.1) is 9.14 Å². The van der Waals surface area contributed by atoms with Gasteiger partial charge in [-0.2, -0.15) is 11.5 Å². The Morgan fingerprint density at radius 1 is 1.25 bits per heavy atom. The topological polar surface area (TPSA) is 29.7 Å².